The van der Waals surface area contributed by atoms with Gasteiger partial charge in [0, 0.05) is 12.6 Å². The van der Waals surface area contributed by atoms with Crippen molar-refractivity contribution in [2.24, 2.45) is 0 Å². The van der Waals surface area contributed by atoms with Crippen LogP contribution in [0.2, 0.25) is 0 Å². The van der Waals surface area contributed by atoms with E-state index in [0.717, 1.165) is 5.56 Å². The number of nitrogens with one attached hydrogen (secondary N) is 1. The highest BCUT2D eigenvalue weighted by atomic mass is 32.2. The van der Waals surface area contributed by atoms with Gasteiger partial charge in [-0.3, -0.25) is 9.59 Å². The fourth-order valence-electron chi connectivity index (χ4n) is 2.66. The first-order chi connectivity index (χ1) is 15.3. The quantitative estimate of drug-likeness (QED) is 0.318. The molecular formula is C22H26N2O7S. The van der Waals surface area contributed by atoms with E-state index in [4.69, 9.17) is 9.47 Å². The van der Waals surface area contributed by atoms with Crippen molar-refractivity contribution in [3.05, 3.63) is 47.0 Å². The van der Waals surface area contributed by atoms with Gasteiger partial charge in [-0.1, -0.05) is 23.9 Å². The van der Waals surface area contributed by atoms with Crippen LogP contribution >= 0.6 is 11.8 Å². The molecule has 0 aromatic heterocycles. The van der Waals surface area contributed by atoms with Gasteiger partial charge in [-0.2, -0.15) is 0 Å². The number of nitrogens with zero attached hydrogens (tertiary/aromatic N) is 1. The molecule has 1 aromatic rings. The number of carbonyl (C=O) groups excluding carboxylic acids is 4. The second-order valence-corrected chi connectivity index (χ2v) is 7.69. The zero-order chi connectivity index (χ0) is 23.5. The number of carbonyl (C=O) groups is 4. The lowest BCUT2D eigenvalue weighted by atomic mass is 10.2. The molecule has 1 N–H and O–H groups in total. The Labute approximate surface area is 190 Å². The van der Waals surface area contributed by atoms with E-state index in [9.17, 15) is 19.2 Å². The van der Waals surface area contributed by atoms with E-state index >= 15 is 0 Å². The van der Waals surface area contributed by atoms with Crippen molar-refractivity contribution < 1.29 is 33.4 Å². The Morgan fingerprint density at radius 3 is 2.59 bits per heavy atom. The summed E-state index contributed by atoms with van der Waals surface area (Å²) in [6.45, 7) is 1.90. The maximum atomic E-state index is 12.1. The summed E-state index contributed by atoms with van der Waals surface area (Å²) in [6.07, 6.45) is 4.60. The lowest BCUT2D eigenvalue weighted by Crippen LogP contribution is -2.39. The molecule has 1 heterocycles. The molecule has 0 bridgehead atoms. The average Bonchev–Trinajstić information content (AvgIpc) is 3.14. The van der Waals surface area contributed by atoms with E-state index in [-0.39, 0.29) is 18.3 Å². The van der Waals surface area contributed by atoms with Gasteiger partial charge in [0.2, 0.25) is 11.8 Å². The molecule has 0 radical (unpaired) electrons. The first-order valence-electron chi connectivity index (χ1n) is 9.86. The molecule has 0 unspecified atom stereocenters. The number of benzene rings is 1. The van der Waals surface area contributed by atoms with Crippen LogP contribution in [0.25, 0.3) is 6.08 Å². The SMILES string of the molecule is COC(=O)/C=C1/SCC(=O)N1CCCOC(=O)[C@H](C)NC(=O)/C=C/c1ccc(OC)cc1. The van der Waals surface area contributed by atoms with Crippen molar-refractivity contribution >= 4 is 41.6 Å². The highest BCUT2D eigenvalue weighted by Gasteiger charge is 2.27. The number of thioether (sulfide) groups is 1. The topological polar surface area (TPSA) is 111 Å². The van der Waals surface area contributed by atoms with Gasteiger partial charge in [-0.05, 0) is 37.1 Å². The van der Waals surface area contributed by atoms with E-state index in [2.05, 4.69) is 10.1 Å². The Morgan fingerprint density at radius 1 is 1.22 bits per heavy atom. The molecular weight excluding hydrogens is 436 g/mol. The number of ether oxygens (including phenoxy) is 3. The van der Waals surface area contributed by atoms with E-state index in [1.807, 2.05) is 0 Å². The molecule has 0 spiro atoms. The third-order valence-electron chi connectivity index (χ3n) is 4.38. The first-order valence-corrected chi connectivity index (χ1v) is 10.8. The Hall–Kier alpha value is -3.27. The van der Waals surface area contributed by atoms with Crippen molar-refractivity contribution in [1.29, 1.82) is 0 Å². The normalized spacial score (nSPS) is 15.7. The van der Waals surface area contributed by atoms with Crippen molar-refractivity contribution in [3.8, 4) is 5.75 Å². The molecule has 1 aliphatic heterocycles. The predicted molar refractivity (Wildman–Crippen MR) is 119 cm³/mol. The Morgan fingerprint density at radius 2 is 1.94 bits per heavy atom. The fourth-order valence-corrected chi connectivity index (χ4v) is 3.61. The molecule has 0 aliphatic carbocycles. The molecule has 1 aromatic carbocycles. The second kappa shape index (κ2) is 12.6. The molecule has 1 fully saturated rings. The van der Waals surface area contributed by atoms with Crippen LogP contribution in [0.4, 0.5) is 0 Å². The summed E-state index contributed by atoms with van der Waals surface area (Å²) in [5, 5.41) is 3.05. The largest absolute Gasteiger partial charge is 0.497 e. The lowest BCUT2D eigenvalue weighted by molar-refractivity contribution is -0.147. The zero-order valence-electron chi connectivity index (χ0n) is 18.2. The standard InChI is InChI=1S/C22H26N2O7S/c1-15(23-18(25)10-7-16-5-8-17(29-2)9-6-16)22(28)31-12-4-11-24-19(26)14-32-20(24)13-21(27)30-3/h5-10,13,15H,4,11-12,14H2,1-3H3,(H,23,25)/b10-7+,20-13+/t15-/m0/s1. The van der Waals surface area contributed by atoms with Crippen molar-refractivity contribution in [3.63, 3.8) is 0 Å². The van der Waals surface area contributed by atoms with Gasteiger partial charge in [0.25, 0.3) is 0 Å². The van der Waals surface area contributed by atoms with E-state index < -0.39 is 23.9 Å². The summed E-state index contributed by atoms with van der Waals surface area (Å²) in [6, 6.07) is 6.33. The van der Waals surface area contributed by atoms with E-state index in [1.165, 1.54) is 42.8 Å². The van der Waals surface area contributed by atoms with E-state index in [0.29, 0.717) is 23.7 Å². The van der Waals surface area contributed by atoms with Gasteiger partial charge >= 0.3 is 11.9 Å². The maximum Gasteiger partial charge on any atom is 0.333 e. The van der Waals surface area contributed by atoms with Crippen LogP contribution in [0.5, 0.6) is 5.75 Å². The van der Waals surface area contributed by atoms with Crippen LogP contribution in [-0.2, 0) is 28.7 Å². The summed E-state index contributed by atoms with van der Waals surface area (Å²) in [7, 11) is 2.84. The molecule has 1 atom stereocenters. The number of amides is 2. The van der Waals surface area contributed by atoms with Crippen LogP contribution in [0.3, 0.4) is 0 Å². The molecule has 2 amide bonds. The Kier molecular flexibility index (Phi) is 9.80. The third kappa shape index (κ3) is 7.77. The summed E-state index contributed by atoms with van der Waals surface area (Å²) in [5.41, 5.74) is 0.812. The number of hydrogen-bond donors (Lipinski definition) is 1. The van der Waals surface area contributed by atoms with E-state index in [1.54, 1.807) is 37.5 Å². The van der Waals surface area contributed by atoms with Crippen molar-refractivity contribution in [2.75, 3.05) is 33.1 Å². The molecule has 32 heavy (non-hydrogen) atoms. The van der Waals surface area contributed by atoms with Crippen molar-refractivity contribution in [2.45, 2.75) is 19.4 Å². The first kappa shape index (κ1) is 25.0. The minimum absolute atomic E-state index is 0.0701. The van der Waals surface area contributed by atoms with Gasteiger partial charge in [0.1, 0.15) is 11.8 Å². The van der Waals surface area contributed by atoms with Crippen molar-refractivity contribution in [1.82, 2.24) is 10.2 Å². The zero-order valence-corrected chi connectivity index (χ0v) is 19.0. The Balaban J connectivity index is 1.73. The van der Waals surface area contributed by atoms with Gasteiger partial charge in [0.15, 0.2) is 0 Å². The molecule has 0 saturated carbocycles. The van der Waals surface area contributed by atoms with Crippen LogP contribution in [0, 0.1) is 0 Å². The van der Waals surface area contributed by atoms with Gasteiger partial charge in [-0.15, -0.1) is 0 Å². The third-order valence-corrected chi connectivity index (χ3v) is 5.40. The van der Waals surface area contributed by atoms with Crippen LogP contribution < -0.4 is 10.1 Å². The fraction of sp³-hybridized carbons (Fsp3) is 0.364. The molecule has 10 heteroatoms. The summed E-state index contributed by atoms with van der Waals surface area (Å²) in [5.74, 6) is -0.710. The number of hydrogen-bond acceptors (Lipinski definition) is 8. The Bertz CT molecular complexity index is 896. The number of methoxy groups -OCH3 is 2. The summed E-state index contributed by atoms with van der Waals surface area (Å²) in [4.78, 5) is 48.9. The monoisotopic (exact) mass is 462 g/mol. The molecule has 9 nitrogen and oxygen atoms in total. The van der Waals surface area contributed by atoms with Gasteiger partial charge in [-0.25, -0.2) is 9.59 Å². The highest BCUT2D eigenvalue weighted by Crippen LogP contribution is 2.28. The van der Waals surface area contributed by atoms with Gasteiger partial charge < -0.3 is 24.4 Å². The molecule has 1 saturated heterocycles. The summed E-state index contributed by atoms with van der Waals surface area (Å²) >= 11 is 1.25. The minimum Gasteiger partial charge on any atom is -0.497 e. The number of esters is 2. The smallest absolute Gasteiger partial charge is 0.333 e. The van der Waals surface area contributed by atoms with Crippen LogP contribution in [0.15, 0.2) is 41.4 Å². The van der Waals surface area contributed by atoms with Crippen LogP contribution in [0.1, 0.15) is 18.9 Å². The van der Waals surface area contributed by atoms with Crippen LogP contribution in [-0.4, -0.2) is 67.8 Å². The number of rotatable bonds is 10. The van der Waals surface area contributed by atoms with Gasteiger partial charge in [0.05, 0.1) is 37.7 Å². The average molecular weight is 463 g/mol. The molecule has 2 rings (SSSR count). The minimum atomic E-state index is -0.832. The maximum absolute atomic E-state index is 12.1. The molecule has 172 valence electrons. The highest BCUT2D eigenvalue weighted by molar-refractivity contribution is 8.04. The predicted octanol–water partition coefficient (Wildman–Crippen LogP) is 1.74. The second-order valence-electron chi connectivity index (χ2n) is 6.70. The molecule has 1 aliphatic rings. The summed E-state index contributed by atoms with van der Waals surface area (Å²) < 4.78 is 14.8. The lowest BCUT2D eigenvalue weighted by Gasteiger charge is -2.17.